The summed E-state index contributed by atoms with van der Waals surface area (Å²) in [5, 5.41) is 1.00. The fourth-order valence-electron chi connectivity index (χ4n) is 2.82. The van der Waals surface area contributed by atoms with E-state index >= 15 is 0 Å². The molecule has 1 aliphatic rings. The lowest BCUT2D eigenvalue weighted by molar-refractivity contribution is -0.113. The first-order valence-electron chi connectivity index (χ1n) is 9.41. The molecule has 0 saturated carbocycles. The van der Waals surface area contributed by atoms with Crippen molar-refractivity contribution >= 4 is 46.2 Å². The topological polar surface area (TPSA) is 51.1 Å². The molecule has 0 spiro atoms. The molecule has 2 aromatic carbocycles. The zero-order chi connectivity index (χ0) is 21.7. The minimum atomic E-state index is -0.217. The van der Waals surface area contributed by atoms with Gasteiger partial charge in [0.05, 0.1) is 23.9 Å². The number of aliphatic imine (C=N–C) groups is 1. The van der Waals surface area contributed by atoms with Crippen LogP contribution in [0.3, 0.4) is 0 Å². The van der Waals surface area contributed by atoms with E-state index in [-0.39, 0.29) is 12.0 Å². The van der Waals surface area contributed by atoms with Crippen molar-refractivity contribution in [3.8, 4) is 11.5 Å². The molecule has 5 nitrogen and oxygen atoms in total. The Balaban J connectivity index is 1.92. The minimum absolute atomic E-state index is 0.101. The molecule has 0 bridgehead atoms. The Labute approximate surface area is 186 Å². The van der Waals surface area contributed by atoms with Crippen molar-refractivity contribution in [2.24, 2.45) is 4.99 Å². The van der Waals surface area contributed by atoms with E-state index in [0.717, 1.165) is 11.3 Å². The fraction of sp³-hybridized carbons (Fsp3) is 0.217. The summed E-state index contributed by atoms with van der Waals surface area (Å²) >= 11 is 7.70. The molecule has 0 aromatic heterocycles. The predicted octanol–water partition coefficient (Wildman–Crippen LogP) is 5.80. The third-order valence-corrected chi connectivity index (χ3v) is 5.34. The van der Waals surface area contributed by atoms with Gasteiger partial charge in [0.1, 0.15) is 17.2 Å². The van der Waals surface area contributed by atoms with E-state index in [9.17, 15) is 4.79 Å². The van der Waals surface area contributed by atoms with Gasteiger partial charge in [-0.05, 0) is 55.8 Å². The van der Waals surface area contributed by atoms with Crippen molar-refractivity contribution in [3.05, 3.63) is 71.4 Å². The van der Waals surface area contributed by atoms with Gasteiger partial charge in [-0.3, -0.25) is 9.69 Å². The fourth-order valence-corrected chi connectivity index (χ4v) is 3.82. The maximum absolute atomic E-state index is 13.2. The van der Waals surface area contributed by atoms with E-state index in [2.05, 4.69) is 11.6 Å². The number of hydrogen-bond donors (Lipinski definition) is 0. The van der Waals surface area contributed by atoms with Crippen LogP contribution in [0.5, 0.6) is 11.5 Å². The Morgan fingerprint density at radius 3 is 2.57 bits per heavy atom. The molecule has 0 unspecified atom stereocenters. The molecule has 1 aliphatic heterocycles. The van der Waals surface area contributed by atoms with Crippen LogP contribution in [-0.4, -0.2) is 30.0 Å². The van der Waals surface area contributed by atoms with Crippen LogP contribution in [0, 0.1) is 0 Å². The Morgan fingerprint density at radius 1 is 1.23 bits per heavy atom. The van der Waals surface area contributed by atoms with Crippen LogP contribution in [0.4, 0.5) is 5.69 Å². The van der Waals surface area contributed by atoms with Crippen LogP contribution in [0.1, 0.15) is 19.4 Å². The summed E-state index contributed by atoms with van der Waals surface area (Å²) in [7, 11) is 1.55. The van der Waals surface area contributed by atoms with Gasteiger partial charge in [-0.2, -0.15) is 0 Å². The molecular formula is C23H23ClN2O3S. The lowest BCUT2D eigenvalue weighted by Crippen LogP contribution is -2.30. The number of rotatable bonds is 7. The largest absolute Gasteiger partial charge is 0.495 e. The van der Waals surface area contributed by atoms with Crippen LogP contribution in [0.2, 0.25) is 5.02 Å². The first kappa shape index (κ1) is 22.0. The smallest absolute Gasteiger partial charge is 0.283 e. The number of carbonyl (C=O) groups is 1. The number of amides is 1. The highest BCUT2D eigenvalue weighted by molar-refractivity contribution is 8.14. The summed E-state index contributed by atoms with van der Waals surface area (Å²) in [5.74, 6) is 1.74. The molecule has 0 radical (unpaired) electrons. The molecule has 7 heteroatoms. The molecule has 1 amide bonds. The van der Waals surface area contributed by atoms with E-state index in [1.165, 1.54) is 11.8 Å². The Kier molecular flexibility index (Phi) is 7.24. The Hall–Kier alpha value is -2.70. The second kappa shape index (κ2) is 9.87. The van der Waals surface area contributed by atoms with Gasteiger partial charge in [-0.1, -0.05) is 41.6 Å². The van der Waals surface area contributed by atoms with Gasteiger partial charge in [-0.15, -0.1) is 6.58 Å². The lowest BCUT2D eigenvalue weighted by atomic mass is 10.2. The molecule has 0 fully saturated rings. The highest BCUT2D eigenvalue weighted by atomic mass is 35.5. The summed E-state index contributed by atoms with van der Waals surface area (Å²) in [6.07, 6.45) is 3.64. The molecule has 1 heterocycles. The van der Waals surface area contributed by atoms with Crippen LogP contribution in [0.15, 0.2) is 65.8 Å². The molecule has 0 N–H and O–H groups in total. The summed E-state index contributed by atoms with van der Waals surface area (Å²) in [4.78, 5) is 19.3. The molecule has 2 aromatic rings. The van der Waals surface area contributed by atoms with E-state index in [4.69, 9.17) is 21.1 Å². The maximum Gasteiger partial charge on any atom is 0.283 e. The summed E-state index contributed by atoms with van der Waals surface area (Å²) in [6.45, 7) is 7.70. The first-order valence-corrected chi connectivity index (χ1v) is 10.8. The van der Waals surface area contributed by atoms with Crippen molar-refractivity contribution in [2.45, 2.75) is 20.0 Å². The number of anilines is 1. The number of thioether (sulfide) groups is 1. The number of methoxy groups -OCH3 is 1. The number of nitrogens with zero attached hydrogens (tertiary/aromatic N) is 2. The predicted molar refractivity (Wildman–Crippen MR) is 126 cm³/mol. The third kappa shape index (κ3) is 5.07. The maximum atomic E-state index is 13.2. The zero-order valence-electron chi connectivity index (χ0n) is 17.1. The van der Waals surface area contributed by atoms with Gasteiger partial charge in [0, 0.05) is 5.75 Å². The molecule has 30 heavy (non-hydrogen) atoms. The molecule has 156 valence electrons. The molecule has 0 atom stereocenters. The van der Waals surface area contributed by atoms with E-state index < -0.39 is 0 Å². The highest BCUT2D eigenvalue weighted by Crippen LogP contribution is 2.34. The van der Waals surface area contributed by atoms with Crippen molar-refractivity contribution in [3.63, 3.8) is 0 Å². The summed E-state index contributed by atoms with van der Waals surface area (Å²) in [6, 6.07) is 12.8. The zero-order valence-corrected chi connectivity index (χ0v) is 18.7. The Bertz CT molecular complexity index is 1000. The van der Waals surface area contributed by atoms with Crippen molar-refractivity contribution in [2.75, 3.05) is 17.8 Å². The number of benzene rings is 2. The number of carbonyl (C=O) groups excluding carboxylic acids is 1. The van der Waals surface area contributed by atoms with Gasteiger partial charge in [0.15, 0.2) is 5.17 Å². The number of amidine groups is 1. The van der Waals surface area contributed by atoms with E-state index in [1.807, 2.05) is 38.1 Å². The van der Waals surface area contributed by atoms with E-state index in [1.54, 1.807) is 42.4 Å². The Morgan fingerprint density at radius 2 is 1.97 bits per heavy atom. The second-order valence-electron chi connectivity index (χ2n) is 6.72. The van der Waals surface area contributed by atoms with Crippen LogP contribution >= 0.6 is 23.4 Å². The quantitative estimate of drug-likeness (QED) is 0.401. The van der Waals surface area contributed by atoms with Gasteiger partial charge >= 0.3 is 0 Å². The highest BCUT2D eigenvalue weighted by Gasteiger charge is 2.32. The average molecular weight is 443 g/mol. The average Bonchev–Trinajstić information content (AvgIpc) is 3.02. The lowest BCUT2D eigenvalue weighted by Gasteiger charge is -2.18. The van der Waals surface area contributed by atoms with Gasteiger partial charge in [-0.25, -0.2) is 4.99 Å². The molecule has 3 rings (SSSR count). The first-order chi connectivity index (χ1) is 14.4. The second-order valence-corrected chi connectivity index (χ2v) is 8.11. The van der Waals surface area contributed by atoms with Crippen molar-refractivity contribution in [1.82, 2.24) is 0 Å². The molecule has 0 aliphatic carbocycles. The van der Waals surface area contributed by atoms with Crippen LogP contribution in [0.25, 0.3) is 6.08 Å². The summed E-state index contributed by atoms with van der Waals surface area (Å²) < 4.78 is 10.9. The van der Waals surface area contributed by atoms with Gasteiger partial charge in [0.2, 0.25) is 0 Å². The van der Waals surface area contributed by atoms with Gasteiger partial charge in [0.25, 0.3) is 5.91 Å². The third-order valence-electron chi connectivity index (χ3n) is 4.11. The minimum Gasteiger partial charge on any atom is -0.495 e. The van der Waals surface area contributed by atoms with Crippen LogP contribution < -0.4 is 14.4 Å². The van der Waals surface area contributed by atoms with Crippen molar-refractivity contribution in [1.29, 1.82) is 0 Å². The van der Waals surface area contributed by atoms with Crippen LogP contribution in [-0.2, 0) is 4.79 Å². The normalized spacial score (nSPS) is 15.0. The van der Waals surface area contributed by atoms with Gasteiger partial charge < -0.3 is 9.47 Å². The van der Waals surface area contributed by atoms with Crippen molar-refractivity contribution < 1.29 is 14.3 Å². The number of ether oxygens (including phenoxy) is 2. The monoisotopic (exact) mass is 442 g/mol. The number of halogens is 1. The number of hydrogen-bond acceptors (Lipinski definition) is 5. The molecular weight excluding hydrogens is 420 g/mol. The standard InChI is InChI=1S/C23H23ClN2O3S/c1-5-12-30-23-25-20(13-16-6-9-18(10-7-16)29-15(2)3)22(27)26(23)17-8-11-21(28-4)19(24)14-17/h5-11,13-15H,1,12H2,2-4H3/b20-13+. The summed E-state index contributed by atoms with van der Waals surface area (Å²) in [5.41, 5.74) is 1.84. The van der Waals surface area contributed by atoms with E-state index in [0.29, 0.717) is 33.1 Å². The SMILES string of the molecule is C=CCSC1=N/C(=C/c2ccc(OC(C)C)cc2)C(=O)N1c1ccc(OC)c(Cl)c1. The molecule has 0 saturated heterocycles.